The van der Waals surface area contributed by atoms with E-state index in [9.17, 15) is 4.79 Å². The minimum absolute atomic E-state index is 0.0680. The molecule has 2 atom stereocenters. The fourth-order valence-corrected chi connectivity index (χ4v) is 6.42. The molecule has 0 saturated carbocycles. The molecule has 6 rings (SSSR count). The number of nitrogens with zero attached hydrogens (tertiary/aromatic N) is 1. The molecule has 1 fully saturated rings. The molecule has 1 amide bonds. The molecular formula is C34H31NO3. The van der Waals surface area contributed by atoms with Crippen molar-refractivity contribution in [3.05, 3.63) is 137 Å². The summed E-state index contributed by atoms with van der Waals surface area (Å²) in [6, 6.07) is 34.9. The fourth-order valence-electron chi connectivity index (χ4n) is 6.42. The first kappa shape index (κ1) is 24.1. The lowest BCUT2D eigenvalue weighted by Crippen LogP contribution is -2.56. The molecular weight excluding hydrogens is 470 g/mol. The van der Waals surface area contributed by atoms with Gasteiger partial charge in [0.1, 0.15) is 11.5 Å². The van der Waals surface area contributed by atoms with Crippen LogP contribution in [0.1, 0.15) is 34.2 Å². The molecule has 0 aromatic heterocycles. The van der Waals surface area contributed by atoms with Crippen LogP contribution >= 0.6 is 0 Å². The second-order valence-electron chi connectivity index (χ2n) is 10.1. The van der Waals surface area contributed by atoms with E-state index in [1.807, 2.05) is 54.6 Å². The molecule has 0 unspecified atom stereocenters. The van der Waals surface area contributed by atoms with Crippen molar-refractivity contribution < 1.29 is 14.3 Å². The largest absolute Gasteiger partial charge is 0.497 e. The van der Waals surface area contributed by atoms with E-state index in [4.69, 9.17) is 9.47 Å². The maximum atomic E-state index is 14.3. The molecule has 4 heteroatoms. The number of benzene rings is 4. The highest BCUT2D eigenvalue weighted by atomic mass is 16.5. The first-order valence-corrected chi connectivity index (χ1v) is 13.1. The van der Waals surface area contributed by atoms with Crippen LogP contribution in [0, 0.1) is 0 Å². The van der Waals surface area contributed by atoms with Gasteiger partial charge in [0, 0.05) is 23.1 Å². The predicted octanol–water partition coefficient (Wildman–Crippen LogP) is 6.43. The highest BCUT2D eigenvalue weighted by Crippen LogP contribution is 2.56. The molecule has 4 nitrogen and oxygen atoms in total. The second kappa shape index (κ2) is 9.86. The van der Waals surface area contributed by atoms with E-state index in [1.165, 1.54) is 11.1 Å². The molecule has 4 aromatic rings. The predicted molar refractivity (Wildman–Crippen MR) is 150 cm³/mol. The normalized spacial score (nSPS) is 21.2. The van der Waals surface area contributed by atoms with Gasteiger partial charge in [-0.3, -0.25) is 4.79 Å². The Morgan fingerprint density at radius 2 is 1.61 bits per heavy atom. The van der Waals surface area contributed by atoms with Crippen molar-refractivity contribution in [2.75, 3.05) is 14.2 Å². The van der Waals surface area contributed by atoms with Gasteiger partial charge in [0.15, 0.2) is 0 Å². The Balaban J connectivity index is 1.61. The maximum absolute atomic E-state index is 14.3. The second-order valence-corrected chi connectivity index (χ2v) is 10.1. The average Bonchev–Trinajstić information content (AvgIpc) is 3.31. The van der Waals surface area contributed by atoms with E-state index in [0.29, 0.717) is 13.0 Å². The highest BCUT2D eigenvalue weighted by Gasteiger charge is 2.57. The van der Waals surface area contributed by atoms with Gasteiger partial charge < -0.3 is 14.4 Å². The minimum Gasteiger partial charge on any atom is -0.497 e. The van der Waals surface area contributed by atoms with Crippen molar-refractivity contribution in [1.82, 2.24) is 4.90 Å². The lowest BCUT2D eigenvalue weighted by molar-refractivity contribution is -0.133. The van der Waals surface area contributed by atoms with Crippen LogP contribution < -0.4 is 9.47 Å². The summed E-state index contributed by atoms with van der Waals surface area (Å²) in [5, 5.41) is 0. The number of amides is 1. The molecule has 1 aliphatic heterocycles. The summed E-state index contributed by atoms with van der Waals surface area (Å²) in [6.07, 6.45) is 3.41. The van der Waals surface area contributed by atoms with Gasteiger partial charge in [-0.15, -0.1) is 0 Å². The third-order valence-electron chi connectivity index (χ3n) is 8.06. The molecule has 190 valence electrons. The first-order valence-electron chi connectivity index (χ1n) is 13.1. The van der Waals surface area contributed by atoms with Crippen molar-refractivity contribution >= 4 is 12.0 Å². The Bertz CT molecular complexity index is 1490. The molecule has 0 bridgehead atoms. The molecule has 0 N–H and O–H groups in total. The third kappa shape index (κ3) is 3.97. The quantitative estimate of drug-likeness (QED) is 0.286. The number of methoxy groups -OCH3 is 2. The van der Waals surface area contributed by atoms with Crippen molar-refractivity contribution in [2.24, 2.45) is 0 Å². The van der Waals surface area contributed by atoms with Crippen LogP contribution in [-0.2, 0) is 23.2 Å². The van der Waals surface area contributed by atoms with Crippen molar-refractivity contribution in [3.63, 3.8) is 0 Å². The van der Waals surface area contributed by atoms with Crippen molar-refractivity contribution in [2.45, 2.75) is 30.8 Å². The summed E-state index contributed by atoms with van der Waals surface area (Å²) >= 11 is 0. The van der Waals surface area contributed by atoms with Crippen LogP contribution in [0.25, 0.3) is 6.08 Å². The fraction of sp³-hybridized carbons (Fsp3) is 0.206. The zero-order valence-electron chi connectivity index (χ0n) is 21.8. The van der Waals surface area contributed by atoms with E-state index in [-0.39, 0.29) is 11.9 Å². The number of carbonyl (C=O) groups excluding carboxylic acids is 1. The van der Waals surface area contributed by atoms with E-state index in [2.05, 4.69) is 59.5 Å². The first-order chi connectivity index (χ1) is 18.6. The summed E-state index contributed by atoms with van der Waals surface area (Å²) < 4.78 is 11.7. The number of piperidine rings is 1. The Morgan fingerprint density at radius 3 is 2.34 bits per heavy atom. The van der Waals surface area contributed by atoms with E-state index >= 15 is 0 Å². The summed E-state index contributed by atoms with van der Waals surface area (Å²) in [4.78, 5) is 16.4. The van der Waals surface area contributed by atoms with Gasteiger partial charge in [-0.25, -0.2) is 0 Å². The smallest absolute Gasteiger partial charge is 0.250 e. The Hall–Kier alpha value is -4.31. The van der Waals surface area contributed by atoms with Crippen LogP contribution in [0.5, 0.6) is 11.5 Å². The number of carbonyl (C=O) groups is 1. The Kier molecular flexibility index (Phi) is 6.24. The molecule has 1 aliphatic carbocycles. The SMILES string of the molecule is COc1cccc([C@]23C/C(=C/c4ccccc4)C(=O)N(Cc4ccccc4)[C@H]2Cc2cccc(OC)c23)c1. The van der Waals surface area contributed by atoms with Gasteiger partial charge >= 0.3 is 0 Å². The number of likely N-dealkylation sites (tertiary alicyclic amines) is 1. The number of rotatable bonds is 6. The zero-order chi connectivity index (χ0) is 26.1. The molecule has 0 spiro atoms. The summed E-state index contributed by atoms with van der Waals surface area (Å²) in [7, 11) is 3.43. The number of ether oxygens (including phenoxy) is 2. The van der Waals surface area contributed by atoms with Gasteiger partial charge in [0.05, 0.1) is 20.3 Å². The van der Waals surface area contributed by atoms with Gasteiger partial charge in [-0.1, -0.05) is 84.9 Å². The monoisotopic (exact) mass is 501 g/mol. The molecule has 1 saturated heterocycles. The van der Waals surface area contributed by atoms with E-state index < -0.39 is 5.41 Å². The van der Waals surface area contributed by atoms with Gasteiger partial charge in [0.2, 0.25) is 5.91 Å². The van der Waals surface area contributed by atoms with Crippen LogP contribution in [-0.4, -0.2) is 31.1 Å². The van der Waals surface area contributed by atoms with Crippen LogP contribution in [0.3, 0.4) is 0 Å². The van der Waals surface area contributed by atoms with Crippen molar-refractivity contribution in [1.29, 1.82) is 0 Å². The standard InChI is InChI=1S/C34H31NO3/c1-37-29-17-10-16-28(21-29)34-22-27(19-24-11-5-3-6-12-24)33(36)35(23-25-13-7-4-8-14-25)31(34)20-26-15-9-18-30(38-2)32(26)34/h3-19,21,31H,20,22-23H2,1-2H3/b27-19-/t31-,34+/m0/s1. The van der Waals surface area contributed by atoms with Gasteiger partial charge in [-0.2, -0.15) is 0 Å². The summed E-state index contributed by atoms with van der Waals surface area (Å²) in [6.45, 7) is 0.540. The summed E-state index contributed by atoms with van der Waals surface area (Å²) in [5.41, 5.74) is 5.98. The Morgan fingerprint density at radius 1 is 0.868 bits per heavy atom. The zero-order valence-corrected chi connectivity index (χ0v) is 21.8. The maximum Gasteiger partial charge on any atom is 0.250 e. The van der Waals surface area contributed by atoms with E-state index in [0.717, 1.165) is 40.2 Å². The Labute approximate surface area is 224 Å². The average molecular weight is 502 g/mol. The lowest BCUT2D eigenvalue weighted by Gasteiger charge is -2.48. The van der Waals surface area contributed by atoms with E-state index in [1.54, 1.807) is 14.2 Å². The molecule has 2 aliphatic rings. The van der Waals surface area contributed by atoms with Gasteiger partial charge in [-0.05, 0) is 59.4 Å². The number of hydrogen-bond donors (Lipinski definition) is 0. The molecule has 38 heavy (non-hydrogen) atoms. The number of hydrogen-bond acceptors (Lipinski definition) is 3. The molecule has 0 radical (unpaired) electrons. The topological polar surface area (TPSA) is 38.8 Å². The highest BCUT2D eigenvalue weighted by molar-refractivity contribution is 6.00. The number of fused-ring (bicyclic) bond motifs is 3. The van der Waals surface area contributed by atoms with Crippen LogP contribution in [0.4, 0.5) is 0 Å². The molecule has 4 aromatic carbocycles. The van der Waals surface area contributed by atoms with Crippen LogP contribution in [0.2, 0.25) is 0 Å². The van der Waals surface area contributed by atoms with Gasteiger partial charge in [0.25, 0.3) is 0 Å². The summed E-state index contributed by atoms with van der Waals surface area (Å²) in [5.74, 6) is 1.76. The van der Waals surface area contributed by atoms with Crippen LogP contribution in [0.15, 0.2) is 109 Å². The van der Waals surface area contributed by atoms with Crippen molar-refractivity contribution in [3.8, 4) is 11.5 Å². The molecule has 1 heterocycles. The third-order valence-corrected chi connectivity index (χ3v) is 8.06. The lowest BCUT2D eigenvalue weighted by atomic mass is 9.65. The minimum atomic E-state index is -0.486.